The summed E-state index contributed by atoms with van der Waals surface area (Å²) in [5.41, 5.74) is 9.44. The highest BCUT2D eigenvalue weighted by atomic mass is 15.2. The summed E-state index contributed by atoms with van der Waals surface area (Å²) in [5, 5.41) is 0. The molecule has 0 saturated heterocycles. The second-order valence-corrected chi connectivity index (χ2v) is 5.46. The topological polar surface area (TPSA) is 55.0 Å². The van der Waals surface area contributed by atoms with Gasteiger partial charge < -0.3 is 10.6 Å². The van der Waals surface area contributed by atoms with Crippen LogP contribution in [0.3, 0.4) is 0 Å². The molecule has 0 radical (unpaired) electrons. The first-order valence-electron chi connectivity index (χ1n) is 7.75. The van der Waals surface area contributed by atoms with Crippen LogP contribution < -0.4 is 10.6 Å². The largest absolute Gasteiger partial charge is 0.330 e. The van der Waals surface area contributed by atoms with E-state index in [0.29, 0.717) is 6.54 Å². The van der Waals surface area contributed by atoms with E-state index in [1.807, 2.05) is 6.07 Å². The number of nitrogens with two attached hydrogens (primary N) is 1. The zero-order valence-electron chi connectivity index (χ0n) is 12.3. The maximum atomic E-state index is 5.71. The van der Waals surface area contributed by atoms with Gasteiger partial charge >= 0.3 is 0 Å². The molecule has 2 N–H and O–H groups in total. The molecule has 0 fully saturated rings. The molecule has 0 amide bonds. The summed E-state index contributed by atoms with van der Waals surface area (Å²) in [4.78, 5) is 11.4. The first-order chi connectivity index (χ1) is 10.4. The highest BCUT2D eigenvalue weighted by Crippen LogP contribution is 2.31. The van der Waals surface area contributed by atoms with Crippen LogP contribution >= 0.6 is 0 Å². The Balaban J connectivity index is 2.00. The highest BCUT2D eigenvalue weighted by Gasteiger charge is 2.20. The van der Waals surface area contributed by atoms with Gasteiger partial charge in [-0.05, 0) is 50.8 Å². The molecule has 3 rings (SSSR count). The van der Waals surface area contributed by atoms with E-state index in [4.69, 9.17) is 5.73 Å². The number of hydrogen-bond donors (Lipinski definition) is 1. The Labute approximate surface area is 126 Å². The molecule has 0 atom stereocenters. The van der Waals surface area contributed by atoms with Gasteiger partial charge in [-0.3, -0.25) is 0 Å². The number of anilines is 2. The molecule has 0 aliphatic heterocycles. The van der Waals surface area contributed by atoms with Crippen LogP contribution in [0.4, 0.5) is 11.5 Å². The number of aryl methyl sites for hydroxylation is 1. The Morgan fingerprint density at radius 3 is 2.67 bits per heavy atom. The molecule has 1 heterocycles. The van der Waals surface area contributed by atoms with Crippen molar-refractivity contribution in [1.82, 2.24) is 9.97 Å². The molecular formula is C17H22N4. The zero-order chi connectivity index (χ0) is 14.5. The number of nitrogens with zero attached hydrogens (tertiary/aromatic N) is 3. The number of rotatable bonds is 5. The van der Waals surface area contributed by atoms with Crippen LogP contribution in [0.15, 0.2) is 36.7 Å². The lowest BCUT2D eigenvalue weighted by Gasteiger charge is -2.28. The maximum Gasteiger partial charge on any atom is 0.139 e. The van der Waals surface area contributed by atoms with Crippen molar-refractivity contribution in [2.45, 2.75) is 32.1 Å². The predicted octanol–water partition coefficient (Wildman–Crippen LogP) is 2.84. The molecule has 0 saturated carbocycles. The van der Waals surface area contributed by atoms with E-state index in [-0.39, 0.29) is 0 Å². The number of fused-ring (bicyclic) bond motifs is 1. The van der Waals surface area contributed by atoms with Gasteiger partial charge in [-0.25, -0.2) is 9.97 Å². The quantitative estimate of drug-likeness (QED) is 0.916. The number of para-hydroxylation sites is 1. The van der Waals surface area contributed by atoms with Gasteiger partial charge in [0, 0.05) is 23.5 Å². The second-order valence-electron chi connectivity index (χ2n) is 5.46. The Morgan fingerprint density at radius 2 is 1.86 bits per heavy atom. The molecule has 2 aromatic rings. The van der Waals surface area contributed by atoms with Crippen LogP contribution in [0.25, 0.3) is 0 Å². The van der Waals surface area contributed by atoms with Crippen LogP contribution in [-0.4, -0.2) is 23.1 Å². The number of aromatic nitrogens is 2. The van der Waals surface area contributed by atoms with Crippen molar-refractivity contribution in [3.63, 3.8) is 0 Å². The Hall–Kier alpha value is -1.94. The van der Waals surface area contributed by atoms with E-state index in [1.54, 1.807) is 6.33 Å². The summed E-state index contributed by atoms with van der Waals surface area (Å²) < 4.78 is 0. The average Bonchev–Trinajstić information content (AvgIpc) is 2.56. The minimum Gasteiger partial charge on any atom is -0.330 e. The van der Waals surface area contributed by atoms with Crippen LogP contribution in [0, 0.1) is 0 Å². The third-order valence-corrected chi connectivity index (χ3v) is 4.01. The number of benzene rings is 1. The van der Waals surface area contributed by atoms with Crippen molar-refractivity contribution in [2.24, 2.45) is 5.73 Å². The van der Waals surface area contributed by atoms with E-state index in [1.165, 1.54) is 29.8 Å². The standard InChI is InChI=1S/C17H22N4/c18-11-6-12-21(14-7-2-1-3-8-14)17-15-9-4-5-10-16(15)19-13-20-17/h1-3,7-8,13H,4-6,9-12,18H2. The molecule has 4 heteroatoms. The Bertz CT molecular complexity index is 583. The lowest BCUT2D eigenvalue weighted by molar-refractivity contribution is 0.658. The van der Waals surface area contributed by atoms with Crippen LogP contribution in [0.2, 0.25) is 0 Å². The average molecular weight is 282 g/mol. The van der Waals surface area contributed by atoms with Crippen LogP contribution in [-0.2, 0) is 12.8 Å². The van der Waals surface area contributed by atoms with Gasteiger partial charge in [0.2, 0.25) is 0 Å². The molecule has 4 nitrogen and oxygen atoms in total. The van der Waals surface area contributed by atoms with Crippen molar-refractivity contribution in [3.8, 4) is 0 Å². The molecule has 0 unspecified atom stereocenters. The summed E-state index contributed by atoms with van der Waals surface area (Å²) in [6, 6.07) is 10.4. The van der Waals surface area contributed by atoms with Gasteiger partial charge in [0.15, 0.2) is 0 Å². The minimum absolute atomic E-state index is 0.691. The van der Waals surface area contributed by atoms with Gasteiger partial charge in [0.1, 0.15) is 12.1 Å². The van der Waals surface area contributed by atoms with E-state index in [2.05, 4.69) is 39.1 Å². The smallest absolute Gasteiger partial charge is 0.139 e. The fourth-order valence-corrected chi connectivity index (χ4v) is 2.95. The van der Waals surface area contributed by atoms with Gasteiger partial charge in [-0.2, -0.15) is 0 Å². The van der Waals surface area contributed by atoms with Crippen LogP contribution in [0.5, 0.6) is 0 Å². The van der Waals surface area contributed by atoms with E-state index in [9.17, 15) is 0 Å². The second kappa shape index (κ2) is 6.68. The zero-order valence-corrected chi connectivity index (χ0v) is 12.3. The van der Waals surface area contributed by atoms with E-state index in [0.717, 1.165) is 31.6 Å². The predicted molar refractivity (Wildman–Crippen MR) is 85.8 cm³/mol. The third kappa shape index (κ3) is 3.05. The molecule has 0 spiro atoms. The molecule has 0 bridgehead atoms. The lowest BCUT2D eigenvalue weighted by atomic mass is 9.96. The van der Waals surface area contributed by atoms with Gasteiger partial charge in [0.25, 0.3) is 0 Å². The first-order valence-corrected chi connectivity index (χ1v) is 7.75. The summed E-state index contributed by atoms with van der Waals surface area (Å²) in [7, 11) is 0. The van der Waals surface area contributed by atoms with Gasteiger partial charge in [0.05, 0.1) is 0 Å². The van der Waals surface area contributed by atoms with E-state index < -0.39 is 0 Å². The van der Waals surface area contributed by atoms with Gasteiger partial charge in [-0.1, -0.05) is 18.2 Å². The van der Waals surface area contributed by atoms with Crippen LogP contribution in [0.1, 0.15) is 30.5 Å². The van der Waals surface area contributed by atoms with Crippen molar-refractivity contribution >= 4 is 11.5 Å². The van der Waals surface area contributed by atoms with Crippen molar-refractivity contribution < 1.29 is 0 Å². The maximum absolute atomic E-state index is 5.71. The molecule has 1 aromatic heterocycles. The van der Waals surface area contributed by atoms with E-state index >= 15 is 0 Å². The van der Waals surface area contributed by atoms with Crippen molar-refractivity contribution in [3.05, 3.63) is 47.9 Å². The molecule has 1 aliphatic carbocycles. The Morgan fingerprint density at radius 1 is 1.05 bits per heavy atom. The SMILES string of the molecule is NCCCN(c1ccccc1)c1ncnc2c1CCCC2. The highest BCUT2D eigenvalue weighted by molar-refractivity contribution is 5.63. The molecule has 21 heavy (non-hydrogen) atoms. The summed E-state index contributed by atoms with van der Waals surface area (Å²) in [5.74, 6) is 1.07. The third-order valence-electron chi connectivity index (χ3n) is 4.01. The Kier molecular flexibility index (Phi) is 4.46. The normalized spacial score (nSPS) is 13.8. The molecule has 1 aromatic carbocycles. The fourth-order valence-electron chi connectivity index (χ4n) is 2.95. The first kappa shape index (κ1) is 14.0. The summed E-state index contributed by atoms with van der Waals surface area (Å²) in [6.07, 6.45) is 7.28. The summed E-state index contributed by atoms with van der Waals surface area (Å²) in [6.45, 7) is 1.58. The van der Waals surface area contributed by atoms with Crippen molar-refractivity contribution in [2.75, 3.05) is 18.0 Å². The minimum atomic E-state index is 0.691. The van der Waals surface area contributed by atoms with Gasteiger partial charge in [-0.15, -0.1) is 0 Å². The molecule has 1 aliphatic rings. The molecule has 110 valence electrons. The van der Waals surface area contributed by atoms with Crippen molar-refractivity contribution in [1.29, 1.82) is 0 Å². The summed E-state index contributed by atoms with van der Waals surface area (Å²) >= 11 is 0. The fraction of sp³-hybridized carbons (Fsp3) is 0.412. The number of hydrogen-bond acceptors (Lipinski definition) is 4. The lowest BCUT2D eigenvalue weighted by Crippen LogP contribution is -2.24. The monoisotopic (exact) mass is 282 g/mol. The molecular weight excluding hydrogens is 260 g/mol.